The Hall–Kier alpha value is -0.500. The van der Waals surface area contributed by atoms with Gasteiger partial charge in [0.1, 0.15) is 6.10 Å². The highest BCUT2D eigenvalue weighted by Crippen LogP contribution is 2.20. The van der Waals surface area contributed by atoms with Crippen LogP contribution in [-0.2, 0) is 4.74 Å². The first kappa shape index (κ1) is 9.59. The molecule has 2 nitrogen and oxygen atoms in total. The summed E-state index contributed by atoms with van der Waals surface area (Å²) >= 11 is 0. The van der Waals surface area contributed by atoms with Crippen LogP contribution >= 0.6 is 0 Å². The highest BCUT2D eigenvalue weighted by atomic mass is 16.5. The minimum atomic E-state index is -0.382. The molecule has 2 unspecified atom stereocenters. The van der Waals surface area contributed by atoms with E-state index in [2.05, 4.69) is 6.08 Å². The summed E-state index contributed by atoms with van der Waals surface area (Å²) in [6, 6.07) is 0. The monoisotopic (exact) mass is 170 g/mol. The maximum Gasteiger partial charge on any atom is 0.121 e. The Morgan fingerprint density at radius 1 is 1.42 bits per heavy atom. The summed E-state index contributed by atoms with van der Waals surface area (Å²) in [7, 11) is 0. The van der Waals surface area contributed by atoms with E-state index in [0.29, 0.717) is 0 Å². The molecule has 0 aliphatic heterocycles. The molecule has 0 amide bonds. The van der Waals surface area contributed by atoms with E-state index in [1.165, 1.54) is 12.8 Å². The van der Waals surface area contributed by atoms with E-state index in [1.807, 2.05) is 6.92 Å². The van der Waals surface area contributed by atoms with Gasteiger partial charge in [-0.25, -0.2) is 0 Å². The lowest BCUT2D eigenvalue weighted by Crippen LogP contribution is -2.22. The number of rotatable bonds is 3. The quantitative estimate of drug-likeness (QED) is 0.703. The Balaban J connectivity index is 2.34. The highest BCUT2D eigenvalue weighted by Gasteiger charge is 2.12. The molecule has 70 valence electrons. The van der Waals surface area contributed by atoms with Crippen LogP contribution < -0.4 is 0 Å². The molecule has 2 atom stereocenters. The summed E-state index contributed by atoms with van der Waals surface area (Å²) in [5.41, 5.74) is 0. The van der Waals surface area contributed by atoms with Crippen molar-refractivity contribution in [2.24, 2.45) is 0 Å². The van der Waals surface area contributed by atoms with Gasteiger partial charge in [0.25, 0.3) is 0 Å². The second kappa shape index (κ2) is 4.51. The van der Waals surface area contributed by atoms with Gasteiger partial charge >= 0.3 is 0 Å². The fourth-order valence-electron chi connectivity index (χ4n) is 1.25. The predicted octanol–water partition coefficient (Wildman–Crippen LogP) is 2.23. The summed E-state index contributed by atoms with van der Waals surface area (Å²) in [5.74, 6) is 1.06. The largest absolute Gasteiger partial charge is 0.493 e. The fraction of sp³-hybridized carbons (Fsp3) is 0.800. The van der Waals surface area contributed by atoms with Gasteiger partial charge in [-0.2, -0.15) is 0 Å². The van der Waals surface area contributed by atoms with Crippen LogP contribution in [0.2, 0.25) is 0 Å². The maximum atomic E-state index is 9.20. The molecule has 0 bridgehead atoms. The average molecular weight is 170 g/mol. The number of hydrogen-bond acceptors (Lipinski definition) is 2. The van der Waals surface area contributed by atoms with Gasteiger partial charge in [-0.3, -0.25) is 0 Å². The molecule has 12 heavy (non-hydrogen) atoms. The van der Waals surface area contributed by atoms with Crippen LogP contribution in [0.25, 0.3) is 0 Å². The minimum absolute atomic E-state index is 0.0747. The second-order valence-electron chi connectivity index (χ2n) is 3.48. The molecule has 1 aliphatic rings. The lowest BCUT2D eigenvalue weighted by atomic mass is 10.1. The van der Waals surface area contributed by atoms with Crippen LogP contribution in [0.3, 0.4) is 0 Å². The van der Waals surface area contributed by atoms with E-state index >= 15 is 0 Å². The topological polar surface area (TPSA) is 29.5 Å². The first-order valence-corrected chi connectivity index (χ1v) is 4.74. The predicted molar refractivity (Wildman–Crippen MR) is 48.8 cm³/mol. The minimum Gasteiger partial charge on any atom is -0.493 e. The molecule has 2 heteroatoms. The van der Waals surface area contributed by atoms with Gasteiger partial charge in [-0.15, -0.1) is 0 Å². The standard InChI is InChI=1S/C10H18O2/c1-8(11)9(2)12-10-6-4-3-5-7-10/h6,8-9,11H,3-5,7H2,1-2H3. The Bertz CT molecular complexity index is 161. The molecule has 1 rings (SSSR count). The van der Waals surface area contributed by atoms with E-state index in [0.717, 1.165) is 18.6 Å². The molecule has 0 aromatic rings. The third-order valence-electron chi connectivity index (χ3n) is 2.27. The van der Waals surface area contributed by atoms with Gasteiger partial charge in [0, 0.05) is 6.42 Å². The molecule has 0 fully saturated rings. The van der Waals surface area contributed by atoms with Crippen LogP contribution in [0.1, 0.15) is 39.5 Å². The summed E-state index contributed by atoms with van der Waals surface area (Å²) in [6.45, 7) is 3.66. The smallest absolute Gasteiger partial charge is 0.121 e. The van der Waals surface area contributed by atoms with Crippen molar-refractivity contribution in [1.82, 2.24) is 0 Å². The Kier molecular flexibility index (Phi) is 3.60. The lowest BCUT2D eigenvalue weighted by Gasteiger charge is -2.21. The van der Waals surface area contributed by atoms with E-state index in [4.69, 9.17) is 4.74 Å². The summed E-state index contributed by atoms with van der Waals surface area (Å²) in [4.78, 5) is 0. The van der Waals surface area contributed by atoms with Gasteiger partial charge in [0.05, 0.1) is 11.9 Å². The SMILES string of the molecule is CC(O)C(C)OC1=CCCCC1. The molecule has 0 aromatic carbocycles. The number of aliphatic hydroxyl groups excluding tert-OH is 1. The third kappa shape index (κ3) is 2.86. The number of allylic oxidation sites excluding steroid dienone is 2. The van der Waals surface area contributed by atoms with Crippen molar-refractivity contribution in [2.45, 2.75) is 51.7 Å². The van der Waals surface area contributed by atoms with Crippen LogP contribution in [0, 0.1) is 0 Å². The fourth-order valence-corrected chi connectivity index (χ4v) is 1.25. The first-order valence-electron chi connectivity index (χ1n) is 4.74. The van der Waals surface area contributed by atoms with Crippen LogP contribution in [0.5, 0.6) is 0 Å². The molecule has 1 N–H and O–H groups in total. The number of hydrogen-bond donors (Lipinski definition) is 1. The van der Waals surface area contributed by atoms with Crippen molar-refractivity contribution >= 4 is 0 Å². The average Bonchev–Trinajstić information content (AvgIpc) is 2.06. The Morgan fingerprint density at radius 2 is 2.17 bits per heavy atom. The van der Waals surface area contributed by atoms with E-state index in [-0.39, 0.29) is 12.2 Å². The van der Waals surface area contributed by atoms with Gasteiger partial charge in [0.2, 0.25) is 0 Å². The first-order chi connectivity index (χ1) is 5.70. The highest BCUT2D eigenvalue weighted by molar-refractivity contribution is 4.97. The van der Waals surface area contributed by atoms with Crippen molar-refractivity contribution in [3.63, 3.8) is 0 Å². The van der Waals surface area contributed by atoms with E-state index in [9.17, 15) is 5.11 Å². The van der Waals surface area contributed by atoms with E-state index in [1.54, 1.807) is 6.92 Å². The zero-order chi connectivity index (χ0) is 8.97. The van der Waals surface area contributed by atoms with E-state index < -0.39 is 0 Å². The molecular formula is C10H18O2. The summed E-state index contributed by atoms with van der Waals surface area (Å²) in [6.07, 6.45) is 6.34. The van der Waals surface area contributed by atoms with Gasteiger partial charge in [-0.05, 0) is 39.2 Å². The van der Waals surface area contributed by atoms with Crippen LogP contribution in [0.4, 0.5) is 0 Å². The van der Waals surface area contributed by atoms with Crippen molar-refractivity contribution < 1.29 is 9.84 Å². The Labute approximate surface area is 74.2 Å². The normalized spacial score (nSPS) is 22.8. The second-order valence-corrected chi connectivity index (χ2v) is 3.48. The van der Waals surface area contributed by atoms with Gasteiger partial charge in [0.15, 0.2) is 0 Å². The maximum absolute atomic E-state index is 9.20. The molecule has 0 spiro atoms. The zero-order valence-electron chi connectivity index (χ0n) is 7.92. The molecule has 0 aromatic heterocycles. The van der Waals surface area contributed by atoms with Gasteiger partial charge < -0.3 is 9.84 Å². The summed E-state index contributed by atoms with van der Waals surface area (Å²) < 4.78 is 5.56. The Morgan fingerprint density at radius 3 is 2.67 bits per heavy atom. The van der Waals surface area contributed by atoms with Crippen molar-refractivity contribution in [3.05, 3.63) is 11.8 Å². The summed E-state index contributed by atoms with van der Waals surface area (Å²) in [5, 5.41) is 9.20. The molecule has 0 radical (unpaired) electrons. The molecular weight excluding hydrogens is 152 g/mol. The zero-order valence-corrected chi connectivity index (χ0v) is 7.92. The molecule has 0 saturated carbocycles. The van der Waals surface area contributed by atoms with Crippen LogP contribution in [-0.4, -0.2) is 17.3 Å². The van der Waals surface area contributed by atoms with Crippen LogP contribution in [0.15, 0.2) is 11.8 Å². The molecule has 0 heterocycles. The third-order valence-corrected chi connectivity index (χ3v) is 2.27. The van der Waals surface area contributed by atoms with Crippen molar-refractivity contribution in [2.75, 3.05) is 0 Å². The van der Waals surface area contributed by atoms with Crippen molar-refractivity contribution in [3.8, 4) is 0 Å². The number of ether oxygens (including phenoxy) is 1. The van der Waals surface area contributed by atoms with Gasteiger partial charge in [-0.1, -0.05) is 0 Å². The molecule has 0 saturated heterocycles. The lowest BCUT2D eigenvalue weighted by molar-refractivity contribution is 0.0131. The van der Waals surface area contributed by atoms with Crippen molar-refractivity contribution in [1.29, 1.82) is 0 Å². The number of aliphatic hydroxyl groups is 1. The molecule has 1 aliphatic carbocycles.